The highest BCUT2D eigenvalue weighted by molar-refractivity contribution is 6.30. The summed E-state index contributed by atoms with van der Waals surface area (Å²) >= 11 is 0. The second-order valence-electron chi connectivity index (χ2n) is 7.41. The topological polar surface area (TPSA) is 123 Å². The third-order valence-electron chi connectivity index (χ3n) is 5.57. The number of carbonyl (C=O) groups is 2. The summed E-state index contributed by atoms with van der Waals surface area (Å²) in [6.45, 7) is 1.40. The van der Waals surface area contributed by atoms with Crippen molar-refractivity contribution in [2.24, 2.45) is 23.3 Å². The van der Waals surface area contributed by atoms with Gasteiger partial charge >= 0.3 is 11.9 Å². The largest absolute Gasteiger partial charge is 0.435 e. The van der Waals surface area contributed by atoms with E-state index in [0.29, 0.717) is 26.1 Å². The van der Waals surface area contributed by atoms with Gasteiger partial charge in [0.1, 0.15) is 0 Å². The Balaban J connectivity index is 1.27. The first kappa shape index (κ1) is 16.3. The summed E-state index contributed by atoms with van der Waals surface area (Å²) in [5, 5.41) is 0. The van der Waals surface area contributed by atoms with E-state index in [-0.39, 0.29) is 24.0 Å². The van der Waals surface area contributed by atoms with Crippen LogP contribution in [0.2, 0.25) is 0 Å². The second-order valence-corrected chi connectivity index (χ2v) is 7.41. The van der Waals surface area contributed by atoms with Crippen LogP contribution in [0, 0.1) is 11.8 Å². The van der Waals surface area contributed by atoms with E-state index in [1.807, 2.05) is 0 Å². The van der Waals surface area contributed by atoms with Crippen molar-refractivity contribution in [3.63, 3.8) is 0 Å². The van der Waals surface area contributed by atoms with Crippen molar-refractivity contribution in [2.75, 3.05) is 13.2 Å². The minimum atomic E-state index is -1.12. The zero-order valence-corrected chi connectivity index (χ0v) is 13.6. The van der Waals surface area contributed by atoms with Crippen molar-refractivity contribution in [1.82, 2.24) is 0 Å². The van der Waals surface area contributed by atoms with Crippen LogP contribution < -0.4 is 11.5 Å². The minimum Gasteiger partial charge on any atom is -0.435 e. The highest BCUT2D eigenvalue weighted by atomic mass is 16.6. The zero-order chi connectivity index (χ0) is 16.9. The molecule has 2 saturated carbocycles. The molecule has 8 heteroatoms. The van der Waals surface area contributed by atoms with Gasteiger partial charge in [0, 0.05) is 37.9 Å². The maximum atomic E-state index is 12.0. The molecule has 0 aromatic carbocycles. The van der Waals surface area contributed by atoms with E-state index in [1.54, 1.807) is 0 Å². The van der Waals surface area contributed by atoms with E-state index in [2.05, 4.69) is 0 Å². The molecule has 24 heavy (non-hydrogen) atoms. The maximum absolute atomic E-state index is 12.0. The third kappa shape index (κ3) is 2.92. The molecule has 2 unspecified atom stereocenters. The van der Waals surface area contributed by atoms with Gasteiger partial charge in [-0.2, -0.15) is 0 Å². The van der Waals surface area contributed by atoms with Crippen LogP contribution in [0.15, 0.2) is 0 Å². The first-order chi connectivity index (χ1) is 11.4. The molecule has 4 fully saturated rings. The monoisotopic (exact) mass is 340 g/mol. The van der Waals surface area contributed by atoms with Gasteiger partial charge in [0.05, 0.1) is 12.2 Å². The Morgan fingerprint density at radius 3 is 1.58 bits per heavy atom. The molecule has 6 atom stereocenters. The highest BCUT2D eigenvalue weighted by Crippen LogP contribution is 2.49. The van der Waals surface area contributed by atoms with E-state index in [0.717, 1.165) is 25.7 Å². The number of hydrogen-bond acceptors (Lipinski definition) is 8. The number of esters is 2. The van der Waals surface area contributed by atoms with Crippen LogP contribution in [0.25, 0.3) is 0 Å². The van der Waals surface area contributed by atoms with Gasteiger partial charge in [0.15, 0.2) is 11.4 Å². The number of rotatable bonds is 4. The molecule has 4 aliphatic rings. The predicted molar refractivity (Wildman–Crippen MR) is 80.2 cm³/mol. The molecule has 2 heterocycles. The molecule has 2 aliphatic heterocycles. The van der Waals surface area contributed by atoms with Crippen molar-refractivity contribution in [1.29, 1.82) is 0 Å². The van der Waals surface area contributed by atoms with Crippen LogP contribution in [0.5, 0.6) is 0 Å². The predicted octanol–water partition coefficient (Wildman–Crippen LogP) is -0.219. The summed E-state index contributed by atoms with van der Waals surface area (Å²) in [6, 6.07) is 0. The highest BCUT2D eigenvalue weighted by Gasteiger charge is 2.62. The van der Waals surface area contributed by atoms with Gasteiger partial charge in [-0.1, -0.05) is 0 Å². The molecule has 0 aromatic rings. The lowest BCUT2D eigenvalue weighted by Crippen LogP contribution is -2.41. The molecule has 0 bridgehead atoms. The van der Waals surface area contributed by atoms with E-state index >= 15 is 0 Å². The van der Waals surface area contributed by atoms with Crippen molar-refractivity contribution in [2.45, 2.75) is 62.2 Å². The SMILES string of the molecule is N[C@@]1(OC(=O)C(=O)O[C@]2(N)C[C@@H]2C2CCCO2)C[C@@H]1C1CCCO1. The normalized spacial score (nSPS) is 46.6. The van der Waals surface area contributed by atoms with Gasteiger partial charge in [0.2, 0.25) is 0 Å². The molecule has 8 nitrogen and oxygen atoms in total. The number of hydrogen-bond donors (Lipinski definition) is 2. The smallest absolute Gasteiger partial charge is 0.419 e. The Morgan fingerprint density at radius 2 is 1.25 bits per heavy atom. The summed E-state index contributed by atoms with van der Waals surface area (Å²) in [4.78, 5) is 24.0. The van der Waals surface area contributed by atoms with Crippen LogP contribution >= 0.6 is 0 Å². The second kappa shape index (κ2) is 5.66. The zero-order valence-electron chi connectivity index (χ0n) is 13.6. The van der Waals surface area contributed by atoms with E-state index in [4.69, 9.17) is 30.4 Å². The van der Waals surface area contributed by atoms with E-state index in [9.17, 15) is 9.59 Å². The Kier molecular flexibility index (Phi) is 3.83. The van der Waals surface area contributed by atoms with E-state index in [1.165, 1.54) is 0 Å². The molecule has 4 rings (SSSR count). The lowest BCUT2D eigenvalue weighted by atomic mass is 10.1. The van der Waals surface area contributed by atoms with Gasteiger partial charge < -0.3 is 18.9 Å². The van der Waals surface area contributed by atoms with Crippen molar-refractivity contribution >= 4 is 11.9 Å². The van der Waals surface area contributed by atoms with Crippen LogP contribution in [0.4, 0.5) is 0 Å². The Morgan fingerprint density at radius 1 is 0.833 bits per heavy atom. The third-order valence-corrected chi connectivity index (χ3v) is 5.57. The molecular formula is C16H24N2O6. The van der Waals surface area contributed by atoms with Crippen LogP contribution in [0.3, 0.4) is 0 Å². The number of nitrogens with two attached hydrogens (primary N) is 2. The van der Waals surface area contributed by atoms with Crippen LogP contribution in [-0.2, 0) is 28.5 Å². The minimum absolute atomic E-state index is 0.00648. The fraction of sp³-hybridized carbons (Fsp3) is 0.875. The fourth-order valence-corrected chi connectivity index (χ4v) is 3.96. The van der Waals surface area contributed by atoms with Crippen LogP contribution in [-0.4, -0.2) is 48.8 Å². The Bertz CT molecular complexity index is 497. The molecule has 2 aliphatic carbocycles. The Labute approximate surface area is 140 Å². The lowest BCUT2D eigenvalue weighted by Gasteiger charge is -2.18. The summed E-state index contributed by atoms with van der Waals surface area (Å²) in [6.07, 6.45) is 4.79. The van der Waals surface area contributed by atoms with Crippen LogP contribution in [0.1, 0.15) is 38.5 Å². The molecule has 0 radical (unpaired) electrons. The van der Waals surface area contributed by atoms with Crippen molar-refractivity contribution < 1.29 is 28.5 Å². The maximum Gasteiger partial charge on any atom is 0.419 e. The first-order valence-electron chi connectivity index (χ1n) is 8.68. The van der Waals surface area contributed by atoms with Gasteiger partial charge in [-0.3, -0.25) is 11.5 Å². The molecule has 0 spiro atoms. The lowest BCUT2D eigenvalue weighted by molar-refractivity contribution is -0.178. The molecular weight excluding hydrogens is 316 g/mol. The van der Waals surface area contributed by atoms with Gasteiger partial charge in [-0.25, -0.2) is 9.59 Å². The number of carbonyl (C=O) groups excluding carboxylic acids is 2. The van der Waals surface area contributed by atoms with Gasteiger partial charge in [-0.05, 0) is 25.7 Å². The molecule has 4 N–H and O–H groups in total. The number of ether oxygens (including phenoxy) is 4. The Hall–Kier alpha value is -1.22. The standard InChI is InChI=1S/C16H24N2O6/c17-15(7-9(15)11-3-1-5-21-11)23-13(19)14(20)24-16(18)8-10(16)12-4-2-6-22-12/h9-12H,1-8,17-18H2/t9-,10-,11?,12?,15-,16-/m1/s1. The summed E-state index contributed by atoms with van der Waals surface area (Å²) in [5.41, 5.74) is 9.83. The molecule has 0 aromatic heterocycles. The van der Waals surface area contributed by atoms with Crippen molar-refractivity contribution in [3.05, 3.63) is 0 Å². The summed E-state index contributed by atoms with van der Waals surface area (Å²) in [7, 11) is 0. The molecule has 0 amide bonds. The van der Waals surface area contributed by atoms with Crippen molar-refractivity contribution in [3.8, 4) is 0 Å². The quantitative estimate of drug-likeness (QED) is 0.409. The average Bonchev–Trinajstić information content (AvgIpc) is 3.19. The first-order valence-corrected chi connectivity index (χ1v) is 8.68. The fourth-order valence-electron chi connectivity index (χ4n) is 3.96. The van der Waals surface area contributed by atoms with Gasteiger partial charge in [0.25, 0.3) is 0 Å². The molecule has 134 valence electrons. The van der Waals surface area contributed by atoms with E-state index < -0.39 is 23.4 Å². The average molecular weight is 340 g/mol. The summed E-state index contributed by atoms with van der Waals surface area (Å²) in [5.74, 6) is -2.27. The molecule has 2 saturated heterocycles. The summed E-state index contributed by atoms with van der Waals surface area (Å²) < 4.78 is 21.4. The van der Waals surface area contributed by atoms with Gasteiger partial charge in [-0.15, -0.1) is 0 Å².